The third kappa shape index (κ3) is 7.54. The summed E-state index contributed by atoms with van der Waals surface area (Å²) < 4.78 is 41.4. The fraction of sp³-hybridized carbons (Fsp3) is 0.391. The van der Waals surface area contributed by atoms with Crippen molar-refractivity contribution in [3.63, 3.8) is 0 Å². The first-order valence-corrected chi connectivity index (χ1v) is 12.9. The Balaban J connectivity index is 2.48. The third-order valence-electron chi connectivity index (χ3n) is 5.09. The maximum atomic E-state index is 13.6. The van der Waals surface area contributed by atoms with Crippen molar-refractivity contribution in [2.75, 3.05) is 24.9 Å². The largest absolute Gasteiger partial charge is 0.352 e. The molecule has 0 aromatic heterocycles. The fourth-order valence-electron chi connectivity index (χ4n) is 3.15. The SMILES string of the molecule is CC(C)NC(=O)[C@@H](C)N(Cc1ccc(Cl)cc1Cl)C(=O)CN(c1ccc(F)cc1)S(=O)(=O)N(C)C. The topological polar surface area (TPSA) is 90.0 Å². The van der Waals surface area contributed by atoms with E-state index in [0.29, 0.717) is 15.6 Å². The molecule has 8 nitrogen and oxygen atoms in total. The van der Waals surface area contributed by atoms with Gasteiger partial charge in [0.2, 0.25) is 11.8 Å². The van der Waals surface area contributed by atoms with Gasteiger partial charge in [0.05, 0.1) is 5.69 Å². The molecule has 192 valence electrons. The van der Waals surface area contributed by atoms with E-state index in [0.717, 1.165) is 20.7 Å². The van der Waals surface area contributed by atoms with E-state index in [2.05, 4.69) is 5.32 Å². The Morgan fingerprint density at radius 3 is 2.14 bits per heavy atom. The molecular weight excluding hydrogens is 518 g/mol. The van der Waals surface area contributed by atoms with Crippen LogP contribution in [-0.4, -0.2) is 62.2 Å². The number of anilines is 1. The zero-order chi connectivity index (χ0) is 26.5. The van der Waals surface area contributed by atoms with E-state index in [-0.39, 0.29) is 18.3 Å². The van der Waals surface area contributed by atoms with Gasteiger partial charge in [0.15, 0.2) is 0 Å². The van der Waals surface area contributed by atoms with Gasteiger partial charge in [-0.15, -0.1) is 0 Å². The zero-order valence-corrected chi connectivity index (χ0v) is 22.5. The quantitative estimate of drug-likeness (QED) is 0.492. The molecule has 35 heavy (non-hydrogen) atoms. The van der Waals surface area contributed by atoms with E-state index in [4.69, 9.17) is 23.2 Å². The van der Waals surface area contributed by atoms with Gasteiger partial charge in [0, 0.05) is 36.7 Å². The van der Waals surface area contributed by atoms with Crippen LogP contribution in [0.4, 0.5) is 10.1 Å². The van der Waals surface area contributed by atoms with Crippen molar-refractivity contribution in [2.24, 2.45) is 0 Å². The number of benzene rings is 2. The van der Waals surface area contributed by atoms with Gasteiger partial charge in [-0.3, -0.25) is 9.59 Å². The first-order valence-electron chi connectivity index (χ1n) is 10.7. The summed E-state index contributed by atoms with van der Waals surface area (Å²) in [5.74, 6) is -1.63. The highest BCUT2D eigenvalue weighted by Gasteiger charge is 2.33. The summed E-state index contributed by atoms with van der Waals surface area (Å²) in [6.45, 7) is 4.42. The Morgan fingerprint density at radius 2 is 1.63 bits per heavy atom. The summed E-state index contributed by atoms with van der Waals surface area (Å²) in [4.78, 5) is 27.6. The summed E-state index contributed by atoms with van der Waals surface area (Å²) in [6, 6.07) is 8.35. The van der Waals surface area contributed by atoms with Crippen LogP contribution in [0.1, 0.15) is 26.3 Å². The van der Waals surface area contributed by atoms with Crippen LogP contribution < -0.4 is 9.62 Å². The van der Waals surface area contributed by atoms with Crippen LogP contribution in [0.15, 0.2) is 42.5 Å². The molecule has 2 amide bonds. The molecule has 0 fully saturated rings. The van der Waals surface area contributed by atoms with Crippen LogP contribution in [-0.2, 0) is 26.3 Å². The van der Waals surface area contributed by atoms with Crippen LogP contribution in [0, 0.1) is 5.82 Å². The van der Waals surface area contributed by atoms with Crippen molar-refractivity contribution >= 4 is 50.9 Å². The molecule has 0 aliphatic carbocycles. The van der Waals surface area contributed by atoms with Crippen LogP contribution in [0.5, 0.6) is 0 Å². The first kappa shape index (κ1) is 28.8. The Kier molecular flexibility index (Phi) is 9.91. The molecular formula is C23H29Cl2FN4O4S. The van der Waals surface area contributed by atoms with Crippen molar-refractivity contribution in [3.8, 4) is 0 Å². The lowest BCUT2D eigenvalue weighted by Crippen LogP contribution is -2.53. The van der Waals surface area contributed by atoms with Gasteiger partial charge in [0.1, 0.15) is 18.4 Å². The number of nitrogens with zero attached hydrogens (tertiary/aromatic N) is 3. The molecule has 1 N–H and O–H groups in total. The lowest BCUT2D eigenvalue weighted by molar-refractivity contribution is -0.139. The minimum atomic E-state index is -4.13. The maximum Gasteiger partial charge on any atom is 0.304 e. The second-order valence-corrected chi connectivity index (χ2v) is 11.3. The molecule has 0 radical (unpaired) electrons. The lowest BCUT2D eigenvalue weighted by Gasteiger charge is -2.33. The Morgan fingerprint density at radius 1 is 1.03 bits per heavy atom. The molecule has 0 spiro atoms. The minimum absolute atomic E-state index is 0.0687. The highest BCUT2D eigenvalue weighted by atomic mass is 35.5. The number of hydrogen-bond acceptors (Lipinski definition) is 4. The molecule has 12 heteroatoms. The number of carbonyl (C=O) groups is 2. The number of amides is 2. The van der Waals surface area contributed by atoms with Gasteiger partial charge in [0.25, 0.3) is 0 Å². The predicted molar refractivity (Wildman–Crippen MR) is 136 cm³/mol. The normalized spacial score (nSPS) is 12.5. The van der Waals surface area contributed by atoms with Gasteiger partial charge >= 0.3 is 10.2 Å². The van der Waals surface area contributed by atoms with Crippen molar-refractivity contribution in [2.45, 2.75) is 39.4 Å². The van der Waals surface area contributed by atoms with E-state index in [1.54, 1.807) is 32.9 Å². The average Bonchev–Trinajstić information content (AvgIpc) is 2.76. The zero-order valence-electron chi connectivity index (χ0n) is 20.1. The summed E-state index contributed by atoms with van der Waals surface area (Å²) >= 11 is 12.3. The maximum absolute atomic E-state index is 13.6. The Labute approximate surface area is 215 Å². The summed E-state index contributed by atoms with van der Waals surface area (Å²) in [5, 5.41) is 3.46. The summed E-state index contributed by atoms with van der Waals surface area (Å²) in [7, 11) is -1.49. The molecule has 2 rings (SSSR count). The molecule has 1 atom stereocenters. The molecule has 0 unspecified atom stereocenters. The van der Waals surface area contributed by atoms with Crippen LogP contribution >= 0.6 is 23.2 Å². The van der Waals surface area contributed by atoms with Crippen LogP contribution in [0.25, 0.3) is 0 Å². The number of rotatable bonds is 10. The molecule has 2 aromatic rings. The lowest BCUT2D eigenvalue weighted by atomic mass is 10.1. The van der Waals surface area contributed by atoms with Crippen molar-refractivity contribution in [1.82, 2.24) is 14.5 Å². The smallest absolute Gasteiger partial charge is 0.304 e. The Hall–Kier alpha value is -2.40. The van der Waals surface area contributed by atoms with Crippen LogP contribution in [0.3, 0.4) is 0 Å². The molecule has 0 saturated heterocycles. The summed E-state index contributed by atoms with van der Waals surface area (Å²) in [6.07, 6.45) is 0. The number of nitrogens with one attached hydrogen (secondary N) is 1. The van der Waals surface area contributed by atoms with E-state index < -0.39 is 40.4 Å². The van der Waals surface area contributed by atoms with E-state index in [1.807, 2.05) is 0 Å². The van der Waals surface area contributed by atoms with Gasteiger partial charge in [-0.2, -0.15) is 12.7 Å². The fourth-order valence-corrected chi connectivity index (χ4v) is 4.67. The first-order chi connectivity index (χ1) is 16.2. The number of carbonyl (C=O) groups excluding carboxylic acids is 2. The molecule has 0 aliphatic rings. The monoisotopic (exact) mass is 546 g/mol. The third-order valence-corrected chi connectivity index (χ3v) is 7.49. The second-order valence-electron chi connectivity index (χ2n) is 8.37. The minimum Gasteiger partial charge on any atom is -0.352 e. The molecule has 0 bridgehead atoms. The van der Waals surface area contributed by atoms with E-state index in [9.17, 15) is 22.4 Å². The molecule has 0 aliphatic heterocycles. The summed E-state index contributed by atoms with van der Waals surface area (Å²) in [5.41, 5.74) is 0.620. The van der Waals surface area contributed by atoms with Gasteiger partial charge in [-0.05, 0) is 62.7 Å². The van der Waals surface area contributed by atoms with Gasteiger partial charge in [-0.1, -0.05) is 29.3 Å². The van der Waals surface area contributed by atoms with E-state index in [1.165, 1.54) is 37.2 Å². The molecule has 0 heterocycles. The highest BCUT2D eigenvalue weighted by molar-refractivity contribution is 7.90. The van der Waals surface area contributed by atoms with Crippen molar-refractivity contribution < 1.29 is 22.4 Å². The molecule has 0 saturated carbocycles. The van der Waals surface area contributed by atoms with Crippen molar-refractivity contribution in [1.29, 1.82) is 0 Å². The molecule has 2 aromatic carbocycles. The van der Waals surface area contributed by atoms with Gasteiger partial charge in [-0.25, -0.2) is 8.70 Å². The van der Waals surface area contributed by atoms with Crippen molar-refractivity contribution in [3.05, 3.63) is 63.9 Å². The number of halogens is 3. The Bertz CT molecular complexity index is 1160. The second kappa shape index (κ2) is 12.0. The van der Waals surface area contributed by atoms with E-state index >= 15 is 0 Å². The number of hydrogen-bond donors (Lipinski definition) is 1. The average molecular weight is 547 g/mol. The predicted octanol–water partition coefficient (Wildman–Crippen LogP) is 3.69. The van der Waals surface area contributed by atoms with Gasteiger partial charge < -0.3 is 10.2 Å². The highest BCUT2D eigenvalue weighted by Crippen LogP contribution is 2.25. The standard InChI is InChI=1S/C23H29Cl2FN4O4S/c1-15(2)27-23(32)16(3)29(13-17-6-7-18(24)12-21(17)25)22(31)14-30(35(33,34)28(4)5)20-10-8-19(26)9-11-20/h6-12,15-16H,13-14H2,1-5H3,(H,27,32)/t16-/m1/s1. The van der Waals surface area contributed by atoms with Crippen LogP contribution in [0.2, 0.25) is 10.0 Å².